The van der Waals surface area contributed by atoms with Crippen LogP contribution in [-0.4, -0.2) is 156 Å². The third kappa shape index (κ3) is 14.2. The predicted octanol–water partition coefficient (Wildman–Crippen LogP) is 6.93. The van der Waals surface area contributed by atoms with Crippen LogP contribution in [0.3, 0.4) is 0 Å². The van der Waals surface area contributed by atoms with Crippen molar-refractivity contribution in [2.24, 2.45) is 10.8 Å². The van der Waals surface area contributed by atoms with Crippen molar-refractivity contribution in [1.29, 1.82) is 0 Å². The largest absolute Gasteiger partial charge is 0.453 e. The fourth-order valence-electron chi connectivity index (χ4n) is 9.88. The second-order valence-corrected chi connectivity index (χ2v) is 21.5. The van der Waals surface area contributed by atoms with Crippen LogP contribution in [0, 0.1) is 41.2 Å². The summed E-state index contributed by atoms with van der Waals surface area (Å²) in [6.45, 7) is 1.96. The van der Waals surface area contributed by atoms with E-state index < -0.39 is 115 Å². The fraction of sp³-hybridized carbons (Fsp3) is 0.519. The highest BCUT2D eigenvalue weighted by Gasteiger charge is 2.57. The monoisotopic (exact) mass is 1170 g/mol. The molecule has 7 rings (SSSR count). The average Bonchev–Trinajstić information content (AvgIpc) is 4.15. The van der Waals surface area contributed by atoms with Crippen molar-refractivity contribution in [2.75, 3.05) is 52.0 Å². The Balaban J connectivity index is 1.19. The number of fused-ring (bicyclic) bond motifs is 2. The molecule has 2 aromatic heterocycles. The van der Waals surface area contributed by atoms with E-state index in [1.165, 1.54) is 12.1 Å². The zero-order valence-electron chi connectivity index (χ0n) is 45.5. The number of hydrazine groups is 1. The Morgan fingerprint density at radius 1 is 0.793 bits per heavy atom. The standard InChI is InChI=1S/C54H62F10N10O8/c1-29-16-43(71-23-35-14-15-36(24-71)74(35)37-27-82-28-37)65-20-32(29)13-12-30-8-10-31(11-9-30)17-41(67-46(76)44(68-49(78)80-6)51(2,3)53(59,60)61)42(75)26-72(70-47(77)45(69-50(79)81-7)52(4,5)54(62,63)64)25-38-39(55)18-33(19-40(38)56)34-21-66-73(22-34)48(57)58/h8-11,16,18-22,35-37,41-42,44-45,48,75H,14-15,17,23-28H2,1-7H3,(H,67,76)(H,68,78)(H,69,79)(H,70,77)/t35?,36?,41-,42-,44+,45+/m0/s1. The molecule has 3 saturated heterocycles. The van der Waals surface area contributed by atoms with Gasteiger partial charge in [-0.15, -0.1) is 0 Å². The van der Waals surface area contributed by atoms with E-state index in [2.05, 4.69) is 41.5 Å². The molecule has 0 spiro atoms. The Morgan fingerprint density at radius 2 is 1.35 bits per heavy atom. The number of hydrogen-bond donors (Lipinski definition) is 5. The molecule has 3 aliphatic heterocycles. The van der Waals surface area contributed by atoms with Crippen molar-refractivity contribution < 1.29 is 82.4 Å². The van der Waals surface area contributed by atoms with E-state index in [1.807, 2.05) is 23.7 Å². The van der Waals surface area contributed by atoms with E-state index in [1.54, 1.807) is 23.6 Å². The van der Waals surface area contributed by atoms with Crippen molar-refractivity contribution in [3.8, 4) is 23.0 Å². The molecule has 0 aliphatic carbocycles. The molecule has 5 heterocycles. The molecular weight excluding hydrogens is 1110 g/mol. The highest BCUT2D eigenvalue weighted by molar-refractivity contribution is 5.87. The minimum Gasteiger partial charge on any atom is -0.453 e. The molecule has 446 valence electrons. The van der Waals surface area contributed by atoms with E-state index in [0.717, 1.165) is 77.1 Å². The first-order valence-electron chi connectivity index (χ1n) is 25.8. The van der Waals surface area contributed by atoms with Crippen molar-refractivity contribution in [2.45, 2.75) is 122 Å². The van der Waals surface area contributed by atoms with Gasteiger partial charge >= 0.3 is 31.1 Å². The highest BCUT2D eigenvalue weighted by Crippen LogP contribution is 2.42. The van der Waals surface area contributed by atoms with Crippen LogP contribution in [0.5, 0.6) is 0 Å². The van der Waals surface area contributed by atoms with Gasteiger partial charge in [0, 0.05) is 72.9 Å². The second-order valence-electron chi connectivity index (χ2n) is 21.5. The van der Waals surface area contributed by atoms with Gasteiger partial charge in [-0.2, -0.15) is 40.2 Å². The number of nitrogens with zero attached hydrogens (tertiary/aromatic N) is 6. The van der Waals surface area contributed by atoms with Crippen LogP contribution >= 0.6 is 0 Å². The van der Waals surface area contributed by atoms with Gasteiger partial charge in [-0.1, -0.05) is 24.0 Å². The van der Waals surface area contributed by atoms with E-state index in [-0.39, 0.29) is 21.4 Å². The molecule has 0 radical (unpaired) electrons. The summed E-state index contributed by atoms with van der Waals surface area (Å²) >= 11 is 0. The molecular formula is C54H62F10N10O8. The first-order valence-corrected chi connectivity index (χ1v) is 25.8. The van der Waals surface area contributed by atoms with Crippen molar-refractivity contribution >= 4 is 29.8 Å². The predicted molar refractivity (Wildman–Crippen MR) is 274 cm³/mol. The van der Waals surface area contributed by atoms with Gasteiger partial charge in [0.1, 0.15) is 29.5 Å². The number of amides is 4. The van der Waals surface area contributed by atoms with E-state index >= 15 is 8.78 Å². The van der Waals surface area contributed by atoms with Gasteiger partial charge in [0.15, 0.2) is 0 Å². The number of nitrogens with one attached hydrogen (secondary N) is 4. The summed E-state index contributed by atoms with van der Waals surface area (Å²) in [6, 6.07) is 3.92. The molecule has 2 bridgehead atoms. The smallest absolute Gasteiger partial charge is 0.407 e. The number of benzene rings is 2. The minimum absolute atomic E-state index is 0.173. The van der Waals surface area contributed by atoms with Gasteiger partial charge < -0.3 is 40.2 Å². The summed E-state index contributed by atoms with van der Waals surface area (Å²) in [6.07, 6.45) is -10.5. The first-order chi connectivity index (χ1) is 38.4. The average molecular weight is 1170 g/mol. The molecule has 5 N–H and O–H groups in total. The summed E-state index contributed by atoms with van der Waals surface area (Å²) in [5, 5.41) is 22.0. The third-order valence-electron chi connectivity index (χ3n) is 15.2. The Kier molecular flexibility index (Phi) is 19.1. The van der Waals surface area contributed by atoms with Crippen molar-refractivity contribution in [3.05, 3.63) is 101 Å². The Hall–Kier alpha value is -7.22. The van der Waals surface area contributed by atoms with Gasteiger partial charge in [0.25, 0.3) is 5.91 Å². The molecule has 18 nitrogen and oxygen atoms in total. The summed E-state index contributed by atoms with van der Waals surface area (Å²) in [7, 11) is 1.61. The van der Waals surface area contributed by atoms with Crippen LogP contribution in [0.2, 0.25) is 0 Å². The number of piperazine rings is 1. The molecule has 0 saturated carbocycles. The Labute approximate surface area is 465 Å². The van der Waals surface area contributed by atoms with Crippen LogP contribution in [0.1, 0.15) is 74.9 Å². The molecule has 2 aromatic carbocycles. The maximum atomic E-state index is 16.1. The number of alkyl halides is 8. The van der Waals surface area contributed by atoms with E-state index in [0.29, 0.717) is 74.1 Å². The van der Waals surface area contributed by atoms with Crippen LogP contribution < -0.4 is 26.3 Å². The maximum Gasteiger partial charge on any atom is 0.407 e. The molecule has 28 heteroatoms. The maximum absolute atomic E-state index is 16.1. The van der Waals surface area contributed by atoms with Gasteiger partial charge in [-0.05, 0) is 101 Å². The van der Waals surface area contributed by atoms with Gasteiger partial charge in [0.2, 0.25) is 5.91 Å². The lowest BCUT2D eigenvalue weighted by atomic mass is 9.82. The number of hydrogen-bond acceptors (Lipinski definition) is 13. The zero-order valence-corrected chi connectivity index (χ0v) is 45.5. The third-order valence-corrected chi connectivity index (χ3v) is 15.2. The van der Waals surface area contributed by atoms with Crippen LogP contribution in [0.15, 0.2) is 61.1 Å². The first kappa shape index (κ1) is 62.4. The van der Waals surface area contributed by atoms with Crippen molar-refractivity contribution in [1.82, 2.24) is 46.0 Å². The molecule has 4 amide bonds. The number of aliphatic hydroxyl groups excluding tert-OH is 1. The quantitative estimate of drug-likeness (QED) is 0.0368. The number of aromatic nitrogens is 3. The topological polar surface area (TPSA) is 205 Å². The Bertz CT molecular complexity index is 2980. The van der Waals surface area contributed by atoms with E-state index in [9.17, 15) is 59.4 Å². The molecule has 3 fully saturated rings. The molecule has 2 unspecified atom stereocenters. The molecule has 6 atom stereocenters. The number of halogens is 10. The number of rotatable bonds is 19. The van der Waals surface area contributed by atoms with Gasteiger partial charge in [0.05, 0.1) is 62.6 Å². The van der Waals surface area contributed by atoms with Crippen LogP contribution in [-0.2, 0) is 36.8 Å². The zero-order chi connectivity index (χ0) is 60.2. The molecule has 4 aromatic rings. The number of alkyl carbamates (subject to hydrolysis) is 2. The molecule has 3 aliphatic rings. The summed E-state index contributed by atoms with van der Waals surface area (Å²) < 4.78 is 161. The number of methoxy groups -OCH3 is 2. The summed E-state index contributed by atoms with van der Waals surface area (Å²) in [5.41, 5.74) is -3.30. The Morgan fingerprint density at radius 3 is 1.84 bits per heavy atom. The number of pyridine rings is 1. The van der Waals surface area contributed by atoms with Crippen LogP contribution in [0.4, 0.5) is 59.3 Å². The number of ether oxygens (including phenoxy) is 3. The highest BCUT2D eigenvalue weighted by atomic mass is 19.4. The summed E-state index contributed by atoms with van der Waals surface area (Å²) in [4.78, 5) is 62.6. The lowest BCUT2D eigenvalue weighted by Crippen LogP contribution is -2.63. The number of carbonyl (C=O) groups excluding carboxylic acids is 4. The second kappa shape index (κ2) is 25.1. The minimum atomic E-state index is -5.23. The number of aliphatic hydroxyl groups is 1. The number of anilines is 1. The summed E-state index contributed by atoms with van der Waals surface area (Å²) in [5.74, 6) is 0.939. The van der Waals surface area contributed by atoms with Crippen LogP contribution in [0.25, 0.3) is 11.1 Å². The van der Waals surface area contributed by atoms with Gasteiger partial charge in [-0.25, -0.2) is 33.0 Å². The normalized spacial score (nSPS) is 18.4. The fourth-order valence-corrected chi connectivity index (χ4v) is 9.88. The lowest BCUT2D eigenvalue weighted by Gasteiger charge is -2.48. The number of aryl methyl sites for hydroxylation is 1. The lowest BCUT2D eigenvalue weighted by molar-refractivity contribution is -0.221. The SMILES string of the molecule is COC(=O)N[C@H](C(=O)N[C@@H](Cc1ccc(C#Cc2cnc(N3CC4CCC(C3)N4C3COC3)cc2C)cc1)[C@@H](O)CN(Cc1c(F)cc(-c2cnn(C(F)F)c2)cc1F)NC(=O)[C@@H](NC(=O)OC)C(C)(C)C(F)(F)F)C(C)(C)C(F)(F)F. The van der Waals surface area contributed by atoms with E-state index in [4.69, 9.17) is 9.72 Å². The molecule has 82 heavy (non-hydrogen) atoms. The van der Waals surface area contributed by atoms with Gasteiger partial charge in [-0.3, -0.25) is 19.9 Å². The number of carbonyl (C=O) groups is 4. The van der Waals surface area contributed by atoms with Crippen molar-refractivity contribution in [3.63, 3.8) is 0 Å².